The zero-order valence-electron chi connectivity index (χ0n) is 10.6. The van der Waals surface area contributed by atoms with Gasteiger partial charge in [-0.2, -0.15) is 5.10 Å². The Bertz CT molecular complexity index is 472. The van der Waals surface area contributed by atoms with Crippen molar-refractivity contribution in [3.63, 3.8) is 0 Å². The molecule has 0 bridgehead atoms. The molecule has 0 fully saturated rings. The number of aryl methyl sites for hydroxylation is 2. The molecule has 0 aliphatic heterocycles. The maximum absolute atomic E-state index is 5.58. The molecule has 4 heteroatoms. The highest BCUT2D eigenvalue weighted by Crippen LogP contribution is 2.25. The van der Waals surface area contributed by atoms with Crippen molar-refractivity contribution in [2.75, 3.05) is 6.54 Å². The molecule has 2 aromatic rings. The molecule has 17 heavy (non-hydrogen) atoms. The number of hydrogen-bond acceptors (Lipinski definition) is 3. The van der Waals surface area contributed by atoms with E-state index in [2.05, 4.69) is 37.4 Å². The first kappa shape index (κ1) is 11.9. The number of nitrogens with one attached hydrogen (secondary N) is 1. The second-order valence-corrected chi connectivity index (χ2v) is 4.09. The molecule has 0 radical (unpaired) electrons. The van der Waals surface area contributed by atoms with Gasteiger partial charge in [-0.05, 0) is 32.0 Å². The lowest BCUT2D eigenvalue weighted by Crippen LogP contribution is -2.21. The smallest absolute Gasteiger partial charge is 0.128 e. The molecule has 1 atom stereocenters. The van der Waals surface area contributed by atoms with Crippen molar-refractivity contribution in [1.82, 2.24) is 15.1 Å². The second kappa shape index (κ2) is 5.19. The lowest BCUT2D eigenvalue weighted by molar-refractivity contribution is 0.449. The van der Waals surface area contributed by atoms with Gasteiger partial charge in [-0.15, -0.1) is 0 Å². The molecule has 0 aromatic carbocycles. The average Bonchev–Trinajstić information content (AvgIpc) is 2.95. The van der Waals surface area contributed by atoms with Crippen LogP contribution in [0.4, 0.5) is 0 Å². The number of aromatic nitrogens is 2. The molecular weight excluding hydrogens is 214 g/mol. The summed E-state index contributed by atoms with van der Waals surface area (Å²) in [5, 5.41) is 7.74. The maximum Gasteiger partial charge on any atom is 0.128 e. The third-order valence-electron chi connectivity index (χ3n) is 2.88. The molecule has 0 spiro atoms. The third-order valence-corrected chi connectivity index (χ3v) is 2.88. The van der Waals surface area contributed by atoms with Crippen molar-refractivity contribution >= 4 is 0 Å². The van der Waals surface area contributed by atoms with Crippen LogP contribution >= 0.6 is 0 Å². The minimum Gasteiger partial charge on any atom is -0.467 e. The Morgan fingerprint density at radius 1 is 1.47 bits per heavy atom. The highest BCUT2D eigenvalue weighted by molar-refractivity contribution is 5.27. The number of rotatable bonds is 5. The molecule has 2 rings (SSSR count). The summed E-state index contributed by atoms with van der Waals surface area (Å²) in [6.07, 6.45) is 5.70. The topological polar surface area (TPSA) is 43.0 Å². The predicted octanol–water partition coefficient (Wildman–Crippen LogP) is 2.50. The standard InChI is InChI=1S/C13H19N3O/c1-4-14-12(13-10(3)6-7-17-13)11-8-15-16(5-2)9-11/h6-9,12,14H,4-5H2,1-3H3. The molecule has 1 unspecified atom stereocenters. The van der Waals surface area contributed by atoms with Crippen LogP contribution in [0.15, 0.2) is 29.1 Å². The molecule has 0 aliphatic rings. The first-order chi connectivity index (χ1) is 8.26. The zero-order chi connectivity index (χ0) is 12.3. The monoisotopic (exact) mass is 233 g/mol. The van der Waals surface area contributed by atoms with Gasteiger partial charge in [-0.1, -0.05) is 6.92 Å². The van der Waals surface area contributed by atoms with Crippen LogP contribution in [0.2, 0.25) is 0 Å². The van der Waals surface area contributed by atoms with Gasteiger partial charge in [0.2, 0.25) is 0 Å². The van der Waals surface area contributed by atoms with Gasteiger partial charge in [0, 0.05) is 18.3 Å². The number of nitrogens with zero attached hydrogens (tertiary/aromatic N) is 2. The Morgan fingerprint density at radius 3 is 2.82 bits per heavy atom. The minimum atomic E-state index is 0.0929. The van der Waals surface area contributed by atoms with Gasteiger partial charge in [0.15, 0.2) is 0 Å². The van der Waals surface area contributed by atoms with E-state index in [4.69, 9.17) is 4.42 Å². The summed E-state index contributed by atoms with van der Waals surface area (Å²) in [6, 6.07) is 2.08. The highest BCUT2D eigenvalue weighted by atomic mass is 16.3. The number of furan rings is 1. The summed E-state index contributed by atoms with van der Waals surface area (Å²) in [5.74, 6) is 0.975. The second-order valence-electron chi connectivity index (χ2n) is 4.09. The van der Waals surface area contributed by atoms with Crippen LogP contribution in [0, 0.1) is 6.92 Å². The van der Waals surface area contributed by atoms with Crippen LogP contribution in [0.5, 0.6) is 0 Å². The summed E-state index contributed by atoms with van der Waals surface area (Å²) in [6.45, 7) is 8.01. The highest BCUT2D eigenvalue weighted by Gasteiger charge is 2.19. The fraction of sp³-hybridized carbons (Fsp3) is 0.462. The van der Waals surface area contributed by atoms with Gasteiger partial charge in [0.05, 0.1) is 18.5 Å². The molecule has 92 valence electrons. The summed E-state index contributed by atoms with van der Waals surface area (Å²) >= 11 is 0. The van der Waals surface area contributed by atoms with Crippen molar-refractivity contribution < 1.29 is 4.42 Å². The minimum absolute atomic E-state index is 0.0929. The molecule has 0 saturated heterocycles. The molecule has 0 saturated carbocycles. The molecule has 0 aliphatic carbocycles. The number of hydrogen-bond donors (Lipinski definition) is 1. The third kappa shape index (κ3) is 2.42. The first-order valence-electron chi connectivity index (χ1n) is 6.06. The summed E-state index contributed by atoms with van der Waals surface area (Å²) in [4.78, 5) is 0. The van der Waals surface area contributed by atoms with E-state index < -0.39 is 0 Å². The normalized spacial score (nSPS) is 12.9. The molecule has 2 aromatic heterocycles. The summed E-state index contributed by atoms with van der Waals surface area (Å²) in [5.41, 5.74) is 2.31. The van der Waals surface area contributed by atoms with E-state index in [1.165, 1.54) is 5.56 Å². The van der Waals surface area contributed by atoms with E-state index in [0.717, 1.165) is 24.4 Å². The largest absolute Gasteiger partial charge is 0.467 e. The molecular formula is C13H19N3O. The van der Waals surface area contributed by atoms with E-state index in [-0.39, 0.29) is 6.04 Å². The van der Waals surface area contributed by atoms with Crippen molar-refractivity contribution in [2.45, 2.75) is 33.4 Å². The van der Waals surface area contributed by atoms with Gasteiger partial charge in [-0.25, -0.2) is 0 Å². The van der Waals surface area contributed by atoms with Gasteiger partial charge >= 0.3 is 0 Å². The van der Waals surface area contributed by atoms with Crippen molar-refractivity contribution in [3.8, 4) is 0 Å². The van der Waals surface area contributed by atoms with E-state index in [0.29, 0.717) is 0 Å². The van der Waals surface area contributed by atoms with Crippen LogP contribution < -0.4 is 5.32 Å². The van der Waals surface area contributed by atoms with E-state index in [1.807, 2.05) is 16.9 Å². The van der Waals surface area contributed by atoms with Gasteiger partial charge in [-0.3, -0.25) is 4.68 Å². The zero-order valence-corrected chi connectivity index (χ0v) is 10.6. The molecule has 0 amide bonds. The summed E-state index contributed by atoms with van der Waals surface area (Å²) < 4.78 is 7.51. The maximum atomic E-state index is 5.58. The lowest BCUT2D eigenvalue weighted by atomic mass is 10.1. The quantitative estimate of drug-likeness (QED) is 0.862. The van der Waals surface area contributed by atoms with Gasteiger partial charge in [0.1, 0.15) is 5.76 Å². The average molecular weight is 233 g/mol. The van der Waals surface area contributed by atoms with Gasteiger partial charge in [0.25, 0.3) is 0 Å². The van der Waals surface area contributed by atoms with Gasteiger partial charge < -0.3 is 9.73 Å². The van der Waals surface area contributed by atoms with E-state index >= 15 is 0 Å². The van der Waals surface area contributed by atoms with Crippen LogP contribution in [0.3, 0.4) is 0 Å². The van der Waals surface area contributed by atoms with Crippen LogP contribution in [0.25, 0.3) is 0 Å². The van der Waals surface area contributed by atoms with Crippen LogP contribution in [-0.2, 0) is 6.54 Å². The molecule has 1 N–H and O–H groups in total. The molecule has 2 heterocycles. The Balaban J connectivity index is 2.32. The lowest BCUT2D eigenvalue weighted by Gasteiger charge is -2.14. The van der Waals surface area contributed by atoms with Crippen LogP contribution in [0.1, 0.15) is 36.8 Å². The fourth-order valence-electron chi connectivity index (χ4n) is 1.95. The fourth-order valence-corrected chi connectivity index (χ4v) is 1.95. The first-order valence-corrected chi connectivity index (χ1v) is 6.06. The van der Waals surface area contributed by atoms with E-state index in [9.17, 15) is 0 Å². The SMILES string of the molecule is CCNC(c1cnn(CC)c1)c1occc1C. The molecule has 4 nitrogen and oxygen atoms in total. The van der Waals surface area contributed by atoms with Crippen molar-refractivity contribution in [2.24, 2.45) is 0 Å². The summed E-state index contributed by atoms with van der Waals surface area (Å²) in [7, 11) is 0. The Labute approximate surface area is 102 Å². The predicted molar refractivity (Wildman–Crippen MR) is 66.9 cm³/mol. The van der Waals surface area contributed by atoms with Crippen molar-refractivity contribution in [3.05, 3.63) is 41.6 Å². The Kier molecular flexibility index (Phi) is 3.64. The Hall–Kier alpha value is -1.55. The van der Waals surface area contributed by atoms with Crippen LogP contribution in [-0.4, -0.2) is 16.3 Å². The van der Waals surface area contributed by atoms with E-state index in [1.54, 1.807) is 6.26 Å². The Morgan fingerprint density at radius 2 is 2.29 bits per heavy atom. The van der Waals surface area contributed by atoms with Crippen molar-refractivity contribution in [1.29, 1.82) is 0 Å².